The van der Waals surface area contributed by atoms with Crippen molar-refractivity contribution in [2.45, 2.75) is 38.7 Å². The first-order valence-electron chi connectivity index (χ1n) is 6.30. The lowest BCUT2D eigenvalue weighted by molar-refractivity contribution is 0.0481. The maximum atomic E-state index is 10.1. The second-order valence-corrected chi connectivity index (χ2v) is 5.17. The van der Waals surface area contributed by atoms with Crippen LogP contribution in [0, 0.1) is 6.92 Å². The number of anilines is 2. The van der Waals surface area contributed by atoms with E-state index >= 15 is 0 Å². The van der Waals surface area contributed by atoms with Crippen molar-refractivity contribution in [3.05, 3.63) is 11.8 Å². The number of hydrogen-bond donors (Lipinski definition) is 3. The normalized spacial score (nSPS) is 24.8. The molecule has 0 saturated carbocycles. The van der Waals surface area contributed by atoms with Gasteiger partial charge >= 0.3 is 0 Å². The lowest BCUT2D eigenvalue weighted by Gasteiger charge is -2.23. The van der Waals surface area contributed by atoms with E-state index in [0.29, 0.717) is 5.95 Å². The number of aliphatic hydroxyl groups is 1. The molecule has 1 atom stereocenters. The molecule has 1 aliphatic rings. The predicted octanol–water partition coefficient (Wildman–Crippen LogP) is 0.812. The molecular weight excluding hydrogens is 230 g/mol. The SMILES string of the molecule is Cc1cc(N2CCCC(C)(O)CC2)nc(NN)n1. The fraction of sp³-hybridized carbons (Fsp3) is 0.667. The maximum Gasteiger partial charge on any atom is 0.239 e. The van der Waals surface area contributed by atoms with Crippen molar-refractivity contribution < 1.29 is 5.11 Å². The van der Waals surface area contributed by atoms with E-state index in [1.807, 2.05) is 19.9 Å². The average molecular weight is 251 g/mol. The second kappa shape index (κ2) is 5.07. The Bertz CT molecular complexity index is 421. The van der Waals surface area contributed by atoms with Crippen LogP contribution in [0.4, 0.5) is 11.8 Å². The number of nitrogens with two attached hydrogens (primary N) is 1. The third kappa shape index (κ3) is 3.08. The number of rotatable bonds is 2. The van der Waals surface area contributed by atoms with Crippen LogP contribution in [0.25, 0.3) is 0 Å². The van der Waals surface area contributed by atoms with Crippen molar-refractivity contribution in [3.8, 4) is 0 Å². The predicted molar refractivity (Wildman–Crippen MR) is 71.3 cm³/mol. The third-order valence-corrected chi connectivity index (χ3v) is 3.36. The van der Waals surface area contributed by atoms with E-state index in [4.69, 9.17) is 5.84 Å². The van der Waals surface area contributed by atoms with Crippen molar-refractivity contribution in [1.82, 2.24) is 9.97 Å². The van der Waals surface area contributed by atoms with Gasteiger partial charge in [0.25, 0.3) is 0 Å². The highest BCUT2D eigenvalue weighted by Crippen LogP contribution is 2.24. The summed E-state index contributed by atoms with van der Waals surface area (Å²) in [6.45, 7) is 5.51. The molecule has 1 fully saturated rings. The smallest absolute Gasteiger partial charge is 0.239 e. The molecule has 0 aromatic carbocycles. The molecule has 18 heavy (non-hydrogen) atoms. The largest absolute Gasteiger partial charge is 0.390 e. The van der Waals surface area contributed by atoms with Gasteiger partial charge in [-0.15, -0.1) is 0 Å². The lowest BCUT2D eigenvalue weighted by atomic mass is 9.98. The minimum atomic E-state index is -0.564. The molecule has 2 heterocycles. The zero-order chi connectivity index (χ0) is 13.2. The van der Waals surface area contributed by atoms with Gasteiger partial charge < -0.3 is 10.0 Å². The van der Waals surface area contributed by atoms with Crippen LogP contribution in [-0.2, 0) is 0 Å². The van der Waals surface area contributed by atoms with E-state index in [2.05, 4.69) is 20.3 Å². The van der Waals surface area contributed by atoms with Crippen molar-refractivity contribution in [3.63, 3.8) is 0 Å². The summed E-state index contributed by atoms with van der Waals surface area (Å²) in [5, 5.41) is 10.1. The summed E-state index contributed by atoms with van der Waals surface area (Å²) in [6, 6.07) is 1.95. The Hall–Kier alpha value is -1.40. The standard InChI is InChI=1S/C12H21N5O/c1-9-8-10(15-11(14-9)16-13)17-6-3-4-12(2,18)5-7-17/h8,18H,3-7,13H2,1-2H3,(H,14,15,16). The highest BCUT2D eigenvalue weighted by atomic mass is 16.3. The van der Waals surface area contributed by atoms with Gasteiger partial charge in [-0.25, -0.2) is 10.8 Å². The molecule has 6 nitrogen and oxygen atoms in total. The summed E-state index contributed by atoms with van der Waals surface area (Å²) < 4.78 is 0. The minimum Gasteiger partial charge on any atom is -0.390 e. The van der Waals surface area contributed by atoms with Gasteiger partial charge in [0, 0.05) is 24.8 Å². The number of nitrogen functional groups attached to an aromatic ring is 1. The fourth-order valence-electron chi connectivity index (χ4n) is 2.27. The molecule has 1 saturated heterocycles. The monoisotopic (exact) mass is 251 g/mol. The van der Waals surface area contributed by atoms with E-state index in [1.165, 1.54) is 0 Å². The summed E-state index contributed by atoms with van der Waals surface area (Å²) in [6.07, 6.45) is 2.54. The molecule has 6 heteroatoms. The van der Waals surface area contributed by atoms with Gasteiger partial charge in [0.05, 0.1) is 5.60 Å². The average Bonchev–Trinajstić information content (AvgIpc) is 2.49. The topological polar surface area (TPSA) is 87.3 Å². The van der Waals surface area contributed by atoms with Crippen LogP contribution in [0.5, 0.6) is 0 Å². The summed E-state index contributed by atoms with van der Waals surface area (Å²) in [4.78, 5) is 10.7. The van der Waals surface area contributed by atoms with Gasteiger partial charge in [-0.3, -0.25) is 5.43 Å². The van der Waals surface area contributed by atoms with E-state index < -0.39 is 5.60 Å². The number of hydrazine groups is 1. The number of hydrogen-bond acceptors (Lipinski definition) is 6. The summed E-state index contributed by atoms with van der Waals surface area (Å²) in [7, 11) is 0. The fourth-order valence-corrected chi connectivity index (χ4v) is 2.27. The molecule has 0 aliphatic carbocycles. The number of nitrogens with one attached hydrogen (secondary N) is 1. The van der Waals surface area contributed by atoms with Gasteiger partial charge in [-0.05, 0) is 33.1 Å². The minimum absolute atomic E-state index is 0.431. The van der Waals surface area contributed by atoms with Crippen molar-refractivity contribution in [2.75, 3.05) is 23.4 Å². The number of aryl methyl sites for hydroxylation is 1. The van der Waals surface area contributed by atoms with E-state index in [0.717, 1.165) is 43.9 Å². The van der Waals surface area contributed by atoms with Crippen LogP contribution in [-0.4, -0.2) is 33.8 Å². The van der Waals surface area contributed by atoms with Crippen molar-refractivity contribution in [1.29, 1.82) is 0 Å². The first-order valence-corrected chi connectivity index (χ1v) is 6.30. The third-order valence-electron chi connectivity index (χ3n) is 3.36. The Balaban J connectivity index is 2.18. The van der Waals surface area contributed by atoms with E-state index in [1.54, 1.807) is 0 Å². The Morgan fingerprint density at radius 1 is 1.39 bits per heavy atom. The molecule has 1 aromatic heterocycles. The zero-order valence-electron chi connectivity index (χ0n) is 11.0. The van der Waals surface area contributed by atoms with Crippen LogP contribution in [0.3, 0.4) is 0 Å². The number of nitrogens with zero attached hydrogens (tertiary/aromatic N) is 3. The Morgan fingerprint density at radius 2 is 2.17 bits per heavy atom. The van der Waals surface area contributed by atoms with E-state index in [9.17, 15) is 5.11 Å². The Morgan fingerprint density at radius 3 is 2.89 bits per heavy atom. The summed E-state index contributed by atoms with van der Waals surface area (Å²) >= 11 is 0. The van der Waals surface area contributed by atoms with Crippen LogP contribution < -0.4 is 16.2 Å². The van der Waals surface area contributed by atoms with Gasteiger partial charge in [0.1, 0.15) is 5.82 Å². The maximum absolute atomic E-state index is 10.1. The Kier molecular flexibility index (Phi) is 3.68. The van der Waals surface area contributed by atoms with Crippen LogP contribution >= 0.6 is 0 Å². The molecule has 0 spiro atoms. The van der Waals surface area contributed by atoms with Gasteiger partial charge in [0.15, 0.2) is 0 Å². The quantitative estimate of drug-likeness (QED) is 0.532. The van der Waals surface area contributed by atoms with Gasteiger partial charge in [0.2, 0.25) is 5.95 Å². The molecule has 0 amide bonds. The molecule has 1 aromatic rings. The molecule has 1 aliphatic heterocycles. The molecule has 0 radical (unpaired) electrons. The first-order chi connectivity index (χ1) is 8.50. The highest BCUT2D eigenvalue weighted by molar-refractivity contribution is 5.44. The molecule has 2 rings (SSSR count). The molecular formula is C12H21N5O. The Labute approximate surface area is 107 Å². The first kappa shape index (κ1) is 13.0. The van der Waals surface area contributed by atoms with Crippen LogP contribution in [0.2, 0.25) is 0 Å². The van der Waals surface area contributed by atoms with Gasteiger partial charge in [-0.1, -0.05) is 0 Å². The van der Waals surface area contributed by atoms with Crippen molar-refractivity contribution in [2.24, 2.45) is 5.84 Å². The summed E-state index contributed by atoms with van der Waals surface area (Å²) in [5.74, 6) is 6.66. The lowest BCUT2D eigenvalue weighted by Crippen LogP contribution is -2.29. The van der Waals surface area contributed by atoms with E-state index in [-0.39, 0.29) is 0 Å². The second-order valence-electron chi connectivity index (χ2n) is 5.17. The number of aromatic nitrogens is 2. The van der Waals surface area contributed by atoms with Crippen LogP contribution in [0.1, 0.15) is 31.9 Å². The molecule has 100 valence electrons. The van der Waals surface area contributed by atoms with Crippen LogP contribution in [0.15, 0.2) is 6.07 Å². The van der Waals surface area contributed by atoms with Gasteiger partial charge in [-0.2, -0.15) is 4.98 Å². The zero-order valence-corrected chi connectivity index (χ0v) is 11.0. The van der Waals surface area contributed by atoms with Crippen molar-refractivity contribution >= 4 is 11.8 Å². The highest BCUT2D eigenvalue weighted by Gasteiger charge is 2.25. The molecule has 0 bridgehead atoms. The summed E-state index contributed by atoms with van der Waals surface area (Å²) in [5.41, 5.74) is 2.80. The molecule has 1 unspecified atom stereocenters. The molecule has 4 N–H and O–H groups in total.